The molecule has 2 rings (SSSR count). The van der Waals surface area contributed by atoms with E-state index in [1.54, 1.807) is 49.3 Å². The zero-order valence-electron chi connectivity index (χ0n) is 13.6. The molecule has 0 bridgehead atoms. The molecule has 0 unspecified atom stereocenters. The molecule has 1 heterocycles. The van der Waals surface area contributed by atoms with E-state index < -0.39 is 0 Å². The lowest BCUT2D eigenvalue weighted by atomic mass is 10.3. The van der Waals surface area contributed by atoms with Crippen LogP contribution in [0, 0.1) is 0 Å². The number of nitrogens with zero attached hydrogens (tertiary/aromatic N) is 4. The summed E-state index contributed by atoms with van der Waals surface area (Å²) in [5, 5.41) is 9.63. The van der Waals surface area contributed by atoms with E-state index in [2.05, 4.69) is 16.8 Å². The Balaban J connectivity index is 2.05. The maximum atomic E-state index is 11.7. The number of ether oxygens (including phenoxy) is 1. The second kappa shape index (κ2) is 8.75. The van der Waals surface area contributed by atoms with Crippen LogP contribution in [0.1, 0.15) is 5.82 Å². The van der Waals surface area contributed by atoms with Crippen molar-refractivity contribution in [1.29, 1.82) is 0 Å². The number of rotatable bonds is 8. The van der Waals surface area contributed by atoms with Gasteiger partial charge in [-0.05, 0) is 24.3 Å². The molecule has 0 radical (unpaired) electrons. The fourth-order valence-corrected chi connectivity index (χ4v) is 2.85. The van der Waals surface area contributed by atoms with Gasteiger partial charge < -0.3 is 9.64 Å². The molecule has 128 valence electrons. The highest BCUT2D eigenvalue weighted by Crippen LogP contribution is 2.20. The van der Waals surface area contributed by atoms with Crippen molar-refractivity contribution in [3.63, 3.8) is 0 Å². The van der Waals surface area contributed by atoms with Crippen LogP contribution in [0.2, 0.25) is 5.02 Å². The second-order valence-corrected chi connectivity index (χ2v) is 6.50. The molecular weight excluding hydrogens is 348 g/mol. The largest absolute Gasteiger partial charge is 0.486 e. The molecule has 2 aromatic rings. The Morgan fingerprint density at radius 2 is 2.08 bits per heavy atom. The summed E-state index contributed by atoms with van der Waals surface area (Å²) in [7, 11) is 3.45. The summed E-state index contributed by atoms with van der Waals surface area (Å²) < 4.78 is 7.60. The number of hydrogen-bond donors (Lipinski definition) is 0. The number of hydrogen-bond acceptors (Lipinski definition) is 5. The van der Waals surface area contributed by atoms with Gasteiger partial charge in [-0.25, -0.2) is 0 Å². The van der Waals surface area contributed by atoms with Crippen molar-refractivity contribution in [2.75, 3.05) is 19.8 Å². The molecule has 0 fully saturated rings. The van der Waals surface area contributed by atoms with E-state index in [4.69, 9.17) is 16.3 Å². The number of halogens is 1. The highest BCUT2D eigenvalue weighted by molar-refractivity contribution is 7.99. The molecule has 0 N–H and O–H groups in total. The lowest BCUT2D eigenvalue weighted by molar-refractivity contribution is -0.125. The molecule has 24 heavy (non-hydrogen) atoms. The first kappa shape index (κ1) is 18.4. The van der Waals surface area contributed by atoms with Gasteiger partial charge in [0, 0.05) is 25.7 Å². The van der Waals surface area contributed by atoms with Crippen LogP contribution in [0.4, 0.5) is 0 Å². The fourth-order valence-electron chi connectivity index (χ4n) is 1.78. The van der Waals surface area contributed by atoms with E-state index in [1.807, 2.05) is 4.57 Å². The normalized spacial score (nSPS) is 10.5. The zero-order chi connectivity index (χ0) is 17.5. The van der Waals surface area contributed by atoms with Crippen molar-refractivity contribution >= 4 is 29.3 Å². The van der Waals surface area contributed by atoms with Gasteiger partial charge in [0.15, 0.2) is 11.0 Å². The van der Waals surface area contributed by atoms with Crippen LogP contribution in [0.15, 0.2) is 42.1 Å². The molecule has 0 saturated heterocycles. The number of carbonyl (C=O) groups excluding carboxylic acids is 1. The Hall–Kier alpha value is -1.99. The van der Waals surface area contributed by atoms with Gasteiger partial charge in [-0.1, -0.05) is 29.4 Å². The van der Waals surface area contributed by atoms with Crippen molar-refractivity contribution in [3.05, 3.63) is 47.8 Å². The van der Waals surface area contributed by atoms with Crippen molar-refractivity contribution in [1.82, 2.24) is 19.7 Å². The van der Waals surface area contributed by atoms with Gasteiger partial charge in [-0.15, -0.1) is 16.8 Å². The molecule has 1 aromatic carbocycles. The summed E-state index contributed by atoms with van der Waals surface area (Å²) in [6.07, 6.45) is 1.76. The summed E-state index contributed by atoms with van der Waals surface area (Å²) in [5.74, 6) is 1.70. The van der Waals surface area contributed by atoms with Crippen LogP contribution in [0.3, 0.4) is 0 Å². The van der Waals surface area contributed by atoms with Crippen LogP contribution in [-0.2, 0) is 17.9 Å². The summed E-state index contributed by atoms with van der Waals surface area (Å²) in [6, 6.07) is 7.11. The fraction of sp³-hybridized carbons (Fsp3) is 0.312. The minimum atomic E-state index is 0.0205. The Kier molecular flexibility index (Phi) is 6.69. The molecule has 0 spiro atoms. The first-order valence-corrected chi connectivity index (χ1v) is 8.62. The second-order valence-electron chi connectivity index (χ2n) is 5.12. The minimum Gasteiger partial charge on any atom is -0.486 e. The van der Waals surface area contributed by atoms with Gasteiger partial charge in [-0.3, -0.25) is 9.36 Å². The Morgan fingerprint density at radius 3 is 2.71 bits per heavy atom. The van der Waals surface area contributed by atoms with Crippen LogP contribution in [0.5, 0.6) is 5.75 Å². The molecule has 6 nitrogen and oxygen atoms in total. The monoisotopic (exact) mass is 366 g/mol. The third-order valence-electron chi connectivity index (χ3n) is 3.11. The van der Waals surface area contributed by atoms with Gasteiger partial charge in [0.1, 0.15) is 12.4 Å². The van der Waals surface area contributed by atoms with E-state index in [-0.39, 0.29) is 12.5 Å². The van der Waals surface area contributed by atoms with Crippen molar-refractivity contribution in [2.24, 2.45) is 0 Å². The molecule has 0 aliphatic heterocycles. The average molecular weight is 367 g/mol. The molecule has 0 aliphatic rings. The highest BCUT2D eigenvalue weighted by atomic mass is 35.5. The van der Waals surface area contributed by atoms with Crippen LogP contribution < -0.4 is 4.74 Å². The van der Waals surface area contributed by atoms with Gasteiger partial charge in [0.25, 0.3) is 0 Å². The van der Waals surface area contributed by atoms with Gasteiger partial charge >= 0.3 is 0 Å². The van der Waals surface area contributed by atoms with E-state index in [0.717, 1.165) is 0 Å². The van der Waals surface area contributed by atoms with Gasteiger partial charge in [0.05, 0.1) is 5.75 Å². The van der Waals surface area contributed by atoms with E-state index >= 15 is 0 Å². The zero-order valence-corrected chi connectivity index (χ0v) is 15.2. The minimum absolute atomic E-state index is 0.0205. The number of thioether (sulfide) groups is 1. The SMILES string of the molecule is C=CCn1c(COc2ccc(Cl)cc2)nnc1SCC(=O)N(C)C. The van der Waals surface area contributed by atoms with Crippen LogP contribution in [0.25, 0.3) is 0 Å². The molecule has 8 heteroatoms. The number of aromatic nitrogens is 3. The van der Waals surface area contributed by atoms with Gasteiger partial charge in [-0.2, -0.15) is 0 Å². The lowest BCUT2D eigenvalue weighted by Crippen LogP contribution is -2.23. The number of benzene rings is 1. The number of carbonyl (C=O) groups is 1. The predicted octanol–water partition coefficient (Wildman–Crippen LogP) is 2.88. The molecular formula is C16H19ClN4O2S. The molecule has 0 atom stereocenters. The summed E-state index contributed by atoms with van der Waals surface area (Å²) in [6.45, 7) is 4.57. The summed E-state index contributed by atoms with van der Waals surface area (Å²) in [5.41, 5.74) is 0. The van der Waals surface area contributed by atoms with Gasteiger partial charge in [0.2, 0.25) is 5.91 Å². The summed E-state index contributed by atoms with van der Waals surface area (Å²) >= 11 is 7.20. The number of amides is 1. The van der Waals surface area contributed by atoms with Crippen molar-refractivity contribution in [3.8, 4) is 5.75 Å². The molecule has 0 aliphatic carbocycles. The van der Waals surface area contributed by atoms with Crippen molar-refractivity contribution in [2.45, 2.75) is 18.3 Å². The standard InChI is InChI=1S/C16H19ClN4O2S/c1-4-9-21-14(10-23-13-7-5-12(17)6-8-13)18-19-16(21)24-11-15(22)20(2)3/h4-8H,1,9-11H2,2-3H3. The van der Waals surface area contributed by atoms with E-state index in [1.165, 1.54) is 11.8 Å². The first-order chi connectivity index (χ1) is 11.5. The quantitative estimate of drug-likeness (QED) is 0.531. The topological polar surface area (TPSA) is 60.2 Å². The van der Waals surface area contributed by atoms with E-state index in [0.29, 0.717) is 34.1 Å². The first-order valence-electron chi connectivity index (χ1n) is 7.25. The Bertz CT molecular complexity index is 701. The number of allylic oxidation sites excluding steroid dienone is 1. The Labute approximate surface area is 150 Å². The third kappa shape index (κ3) is 5.01. The molecule has 1 aromatic heterocycles. The van der Waals surface area contributed by atoms with Crippen LogP contribution >= 0.6 is 23.4 Å². The smallest absolute Gasteiger partial charge is 0.232 e. The predicted molar refractivity (Wildman–Crippen MR) is 95.4 cm³/mol. The molecule has 0 saturated carbocycles. The lowest BCUT2D eigenvalue weighted by Gasteiger charge is -2.11. The van der Waals surface area contributed by atoms with Crippen molar-refractivity contribution < 1.29 is 9.53 Å². The highest BCUT2D eigenvalue weighted by Gasteiger charge is 2.14. The third-order valence-corrected chi connectivity index (χ3v) is 4.31. The Morgan fingerprint density at radius 1 is 1.38 bits per heavy atom. The molecule has 1 amide bonds. The van der Waals surface area contributed by atoms with E-state index in [9.17, 15) is 4.79 Å². The maximum Gasteiger partial charge on any atom is 0.232 e. The summed E-state index contributed by atoms with van der Waals surface area (Å²) in [4.78, 5) is 13.3. The average Bonchev–Trinajstić information content (AvgIpc) is 2.94. The van der Waals surface area contributed by atoms with Crippen LogP contribution in [-0.4, -0.2) is 45.4 Å². The maximum absolute atomic E-state index is 11.7.